The normalized spacial score (nSPS) is 24.5. The van der Waals surface area contributed by atoms with Gasteiger partial charge in [-0.1, -0.05) is 13.8 Å². The third-order valence-electron chi connectivity index (χ3n) is 3.48. The summed E-state index contributed by atoms with van der Waals surface area (Å²) in [5.41, 5.74) is 7.99. The molecular weight excluding hydrogens is 216 g/mol. The lowest BCUT2D eigenvalue weighted by atomic mass is 9.93. The molecule has 0 saturated carbocycles. The average Bonchev–Trinajstić information content (AvgIpc) is 2.76. The van der Waals surface area contributed by atoms with Crippen LogP contribution in [0.1, 0.15) is 38.8 Å². The van der Waals surface area contributed by atoms with E-state index in [4.69, 9.17) is 5.73 Å². The SMILES string of the molecule is CC(N)C(c1ccsc1)N1CCC(C)(C)C1. The van der Waals surface area contributed by atoms with Gasteiger partial charge >= 0.3 is 0 Å². The zero-order valence-corrected chi connectivity index (χ0v) is 11.3. The highest BCUT2D eigenvalue weighted by Crippen LogP contribution is 2.36. The maximum absolute atomic E-state index is 6.16. The van der Waals surface area contributed by atoms with E-state index in [1.54, 1.807) is 11.3 Å². The smallest absolute Gasteiger partial charge is 0.0504 e. The van der Waals surface area contributed by atoms with Crippen molar-refractivity contribution in [3.63, 3.8) is 0 Å². The van der Waals surface area contributed by atoms with Crippen molar-refractivity contribution >= 4 is 11.3 Å². The van der Waals surface area contributed by atoms with Crippen LogP contribution in [0.15, 0.2) is 16.8 Å². The van der Waals surface area contributed by atoms with Crippen molar-refractivity contribution < 1.29 is 0 Å². The molecule has 1 aliphatic rings. The van der Waals surface area contributed by atoms with Gasteiger partial charge < -0.3 is 5.73 Å². The number of rotatable bonds is 3. The van der Waals surface area contributed by atoms with Gasteiger partial charge in [-0.25, -0.2) is 0 Å². The summed E-state index contributed by atoms with van der Waals surface area (Å²) in [4.78, 5) is 2.55. The topological polar surface area (TPSA) is 29.3 Å². The van der Waals surface area contributed by atoms with Crippen molar-refractivity contribution in [3.05, 3.63) is 22.4 Å². The largest absolute Gasteiger partial charge is 0.326 e. The number of nitrogens with zero attached hydrogens (tertiary/aromatic N) is 1. The van der Waals surface area contributed by atoms with E-state index in [1.165, 1.54) is 18.5 Å². The van der Waals surface area contributed by atoms with Crippen molar-refractivity contribution in [2.75, 3.05) is 13.1 Å². The number of likely N-dealkylation sites (tertiary alicyclic amines) is 1. The highest BCUT2D eigenvalue weighted by Gasteiger charge is 2.35. The average molecular weight is 238 g/mol. The van der Waals surface area contributed by atoms with Crippen molar-refractivity contribution in [2.45, 2.75) is 39.3 Å². The van der Waals surface area contributed by atoms with Crippen LogP contribution in [0, 0.1) is 5.41 Å². The summed E-state index contributed by atoms with van der Waals surface area (Å²) in [6.07, 6.45) is 1.28. The first kappa shape index (κ1) is 12.1. The molecule has 1 fully saturated rings. The predicted molar refractivity (Wildman–Crippen MR) is 70.7 cm³/mol. The second-order valence-corrected chi connectivity index (χ2v) is 6.53. The molecular formula is C13H22N2S. The van der Waals surface area contributed by atoms with E-state index in [2.05, 4.69) is 42.5 Å². The van der Waals surface area contributed by atoms with Crippen LogP contribution >= 0.6 is 11.3 Å². The fourth-order valence-corrected chi connectivity index (χ4v) is 3.37. The molecule has 1 saturated heterocycles. The van der Waals surface area contributed by atoms with Gasteiger partial charge in [-0.2, -0.15) is 11.3 Å². The number of hydrogen-bond donors (Lipinski definition) is 1. The Hall–Kier alpha value is -0.380. The van der Waals surface area contributed by atoms with Crippen molar-refractivity contribution in [3.8, 4) is 0 Å². The molecule has 0 aromatic carbocycles. The fourth-order valence-electron chi connectivity index (χ4n) is 2.68. The third-order valence-corrected chi connectivity index (χ3v) is 4.18. The molecule has 2 heterocycles. The maximum Gasteiger partial charge on any atom is 0.0504 e. The minimum atomic E-state index is 0.198. The van der Waals surface area contributed by atoms with Crippen LogP contribution in [-0.2, 0) is 0 Å². The summed E-state index contributed by atoms with van der Waals surface area (Å²) < 4.78 is 0. The lowest BCUT2D eigenvalue weighted by Crippen LogP contribution is -2.38. The molecule has 90 valence electrons. The molecule has 0 amide bonds. The van der Waals surface area contributed by atoms with Crippen molar-refractivity contribution in [1.29, 1.82) is 0 Å². The zero-order valence-electron chi connectivity index (χ0n) is 10.4. The highest BCUT2D eigenvalue weighted by atomic mass is 32.1. The molecule has 1 aliphatic heterocycles. The first-order valence-corrected chi connectivity index (χ1v) is 6.96. The minimum absolute atomic E-state index is 0.198. The van der Waals surface area contributed by atoms with Crippen LogP contribution in [-0.4, -0.2) is 24.0 Å². The minimum Gasteiger partial charge on any atom is -0.326 e. The fraction of sp³-hybridized carbons (Fsp3) is 0.692. The quantitative estimate of drug-likeness (QED) is 0.877. The lowest BCUT2D eigenvalue weighted by molar-refractivity contribution is 0.197. The van der Waals surface area contributed by atoms with E-state index in [9.17, 15) is 0 Å². The Morgan fingerprint density at radius 2 is 2.25 bits per heavy atom. The van der Waals surface area contributed by atoms with E-state index < -0.39 is 0 Å². The first-order chi connectivity index (χ1) is 7.49. The Balaban J connectivity index is 2.16. The second kappa shape index (κ2) is 4.47. The van der Waals surface area contributed by atoms with Crippen LogP contribution in [0.2, 0.25) is 0 Å². The molecule has 2 rings (SSSR count). The van der Waals surface area contributed by atoms with Gasteiger partial charge in [0, 0.05) is 12.6 Å². The molecule has 3 heteroatoms. The van der Waals surface area contributed by atoms with Gasteiger partial charge in [0.25, 0.3) is 0 Å². The van der Waals surface area contributed by atoms with E-state index in [0.29, 0.717) is 11.5 Å². The molecule has 2 unspecified atom stereocenters. The molecule has 0 aliphatic carbocycles. The number of hydrogen-bond acceptors (Lipinski definition) is 3. The zero-order chi connectivity index (χ0) is 11.8. The standard InChI is InChI=1S/C13H22N2S/c1-10(14)12(11-4-7-16-8-11)15-6-5-13(2,3)9-15/h4,7-8,10,12H,5-6,9,14H2,1-3H3. The Morgan fingerprint density at radius 3 is 2.69 bits per heavy atom. The van der Waals surface area contributed by atoms with Gasteiger partial charge in [-0.15, -0.1) is 0 Å². The van der Waals surface area contributed by atoms with Crippen molar-refractivity contribution in [2.24, 2.45) is 11.1 Å². The van der Waals surface area contributed by atoms with Crippen LogP contribution < -0.4 is 5.73 Å². The van der Waals surface area contributed by atoms with Gasteiger partial charge in [0.2, 0.25) is 0 Å². The van der Waals surface area contributed by atoms with Gasteiger partial charge in [0.15, 0.2) is 0 Å². The van der Waals surface area contributed by atoms with Crippen LogP contribution in [0.4, 0.5) is 0 Å². The van der Waals surface area contributed by atoms with E-state index in [0.717, 1.165) is 6.54 Å². The lowest BCUT2D eigenvalue weighted by Gasteiger charge is -2.31. The summed E-state index contributed by atoms with van der Waals surface area (Å²) in [6.45, 7) is 9.15. The van der Waals surface area contributed by atoms with E-state index >= 15 is 0 Å². The molecule has 16 heavy (non-hydrogen) atoms. The molecule has 2 nitrogen and oxygen atoms in total. The summed E-state index contributed by atoms with van der Waals surface area (Å²) in [5.74, 6) is 0. The van der Waals surface area contributed by atoms with Gasteiger partial charge in [-0.3, -0.25) is 4.90 Å². The van der Waals surface area contributed by atoms with Crippen LogP contribution in [0.25, 0.3) is 0 Å². The summed E-state index contributed by atoms with van der Waals surface area (Å²) in [6, 6.07) is 2.81. The van der Waals surface area contributed by atoms with Crippen LogP contribution in [0.5, 0.6) is 0 Å². The highest BCUT2D eigenvalue weighted by molar-refractivity contribution is 7.07. The molecule has 0 radical (unpaired) electrons. The predicted octanol–water partition coefficient (Wildman–Crippen LogP) is 2.87. The molecule has 0 spiro atoms. The van der Waals surface area contributed by atoms with Crippen LogP contribution in [0.3, 0.4) is 0 Å². The maximum atomic E-state index is 6.16. The number of thiophene rings is 1. The molecule has 2 atom stereocenters. The first-order valence-electron chi connectivity index (χ1n) is 6.01. The van der Waals surface area contributed by atoms with Gasteiger partial charge in [-0.05, 0) is 47.7 Å². The molecule has 1 aromatic heterocycles. The van der Waals surface area contributed by atoms with Gasteiger partial charge in [0.1, 0.15) is 0 Å². The Labute approximate surface area is 102 Å². The Kier molecular flexibility index (Phi) is 3.38. The van der Waals surface area contributed by atoms with E-state index in [1.807, 2.05) is 0 Å². The summed E-state index contributed by atoms with van der Waals surface area (Å²) in [5, 5.41) is 4.38. The monoisotopic (exact) mass is 238 g/mol. The molecule has 0 bridgehead atoms. The number of nitrogens with two attached hydrogens (primary N) is 1. The Morgan fingerprint density at radius 1 is 1.50 bits per heavy atom. The van der Waals surface area contributed by atoms with Crippen molar-refractivity contribution in [1.82, 2.24) is 4.90 Å². The Bertz CT molecular complexity index is 330. The van der Waals surface area contributed by atoms with Gasteiger partial charge in [0.05, 0.1) is 6.04 Å². The summed E-state index contributed by atoms with van der Waals surface area (Å²) in [7, 11) is 0. The summed E-state index contributed by atoms with van der Waals surface area (Å²) >= 11 is 1.76. The molecule has 2 N–H and O–H groups in total. The second-order valence-electron chi connectivity index (χ2n) is 5.75. The molecule has 1 aromatic rings. The van der Waals surface area contributed by atoms with E-state index in [-0.39, 0.29) is 6.04 Å². The third kappa shape index (κ3) is 2.47.